The van der Waals surface area contributed by atoms with Gasteiger partial charge in [-0.05, 0) is 18.1 Å². The lowest BCUT2D eigenvalue weighted by Crippen LogP contribution is -2.36. The fourth-order valence-electron chi connectivity index (χ4n) is 1.84. The third-order valence-corrected chi connectivity index (χ3v) is 6.10. The predicted octanol–water partition coefficient (Wildman–Crippen LogP) is 2.67. The number of benzene rings is 1. The molecule has 0 bridgehead atoms. The fraction of sp³-hybridized carbons (Fsp3) is 0.571. The summed E-state index contributed by atoms with van der Waals surface area (Å²) in [6, 6.07) is 7.52. The van der Waals surface area contributed by atoms with Gasteiger partial charge in [0.1, 0.15) is 0 Å². The summed E-state index contributed by atoms with van der Waals surface area (Å²) in [6.07, 6.45) is 0. The molecule has 0 saturated heterocycles. The minimum atomic E-state index is -3.18. The van der Waals surface area contributed by atoms with Crippen molar-refractivity contribution >= 4 is 27.5 Å². The Balaban J connectivity index is 2.57. The summed E-state index contributed by atoms with van der Waals surface area (Å²) in [5.74, 6) is 1.000. The second-order valence-electron chi connectivity index (χ2n) is 5.05. The lowest BCUT2D eigenvalue weighted by molar-refractivity contribution is 0.381. The number of nitrogen functional groups attached to an aromatic ring is 1. The first-order valence-corrected chi connectivity index (χ1v) is 9.41. The second-order valence-corrected chi connectivity index (χ2v) is 8.27. The van der Waals surface area contributed by atoms with E-state index in [9.17, 15) is 8.42 Å². The Kier molecular flexibility index (Phi) is 6.85. The van der Waals surface area contributed by atoms with Crippen molar-refractivity contribution in [3.8, 4) is 0 Å². The number of nitrogens with two attached hydrogens (primary N) is 1. The Morgan fingerprint density at radius 1 is 1.30 bits per heavy atom. The van der Waals surface area contributed by atoms with Gasteiger partial charge in [0.25, 0.3) is 0 Å². The Morgan fingerprint density at radius 2 is 1.95 bits per heavy atom. The first kappa shape index (κ1) is 17.3. The predicted molar refractivity (Wildman–Crippen MR) is 87.5 cm³/mol. The van der Waals surface area contributed by atoms with Gasteiger partial charge in [-0.15, -0.1) is 11.8 Å². The highest BCUT2D eigenvalue weighted by molar-refractivity contribution is 8.00. The number of hydrogen-bond acceptors (Lipinski definition) is 4. The van der Waals surface area contributed by atoms with Crippen LogP contribution in [0.2, 0.25) is 0 Å². The zero-order valence-corrected chi connectivity index (χ0v) is 14.0. The van der Waals surface area contributed by atoms with E-state index in [1.54, 1.807) is 4.31 Å². The van der Waals surface area contributed by atoms with Gasteiger partial charge in [-0.3, -0.25) is 0 Å². The van der Waals surface area contributed by atoms with E-state index in [0.29, 0.717) is 30.4 Å². The van der Waals surface area contributed by atoms with Crippen LogP contribution in [0, 0.1) is 5.92 Å². The summed E-state index contributed by atoms with van der Waals surface area (Å²) in [4.78, 5) is 0.939. The van der Waals surface area contributed by atoms with Crippen LogP contribution in [0.3, 0.4) is 0 Å². The minimum Gasteiger partial charge on any atom is -0.398 e. The number of thioether (sulfide) groups is 1. The van der Waals surface area contributed by atoms with Crippen molar-refractivity contribution in [3.05, 3.63) is 24.3 Å². The third-order valence-electron chi connectivity index (χ3n) is 2.83. The van der Waals surface area contributed by atoms with Crippen molar-refractivity contribution in [1.29, 1.82) is 0 Å². The molecule has 6 heteroatoms. The average Bonchev–Trinajstić information content (AvgIpc) is 2.37. The van der Waals surface area contributed by atoms with Crippen molar-refractivity contribution in [1.82, 2.24) is 4.31 Å². The molecule has 0 unspecified atom stereocenters. The Labute approximate surface area is 126 Å². The lowest BCUT2D eigenvalue weighted by atomic mass is 10.2. The third kappa shape index (κ3) is 5.34. The van der Waals surface area contributed by atoms with Gasteiger partial charge in [-0.2, -0.15) is 0 Å². The van der Waals surface area contributed by atoms with Gasteiger partial charge in [0.05, 0.1) is 5.75 Å². The zero-order chi connectivity index (χ0) is 15.2. The number of sulfonamides is 1. The van der Waals surface area contributed by atoms with Crippen LogP contribution in [0.15, 0.2) is 29.2 Å². The molecule has 0 fully saturated rings. The average molecular weight is 316 g/mol. The molecule has 0 radical (unpaired) electrons. The van der Waals surface area contributed by atoms with Crippen LogP contribution in [0.25, 0.3) is 0 Å². The summed E-state index contributed by atoms with van der Waals surface area (Å²) in [7, 11) is -3.18. The van der Waals surface area contributed by atoms with Gasteiger partial charge in [0.15, 0.2) is 0 Å². The highest BCUT2D eigenvalue weighted by Crippen LogP contribution is 2.24. The van der Waals surface area contributed by atoms with E-state index < -0.39 is 10.0 Å². The topological polar surface area (TPSA) is 63.4 Å². The maximum absolute atomic E-state index is 12.3. The first-order valence-electron chi connectivity index (χ1n) is 6.82. The standard InChI is InChI=1S/C14H24N2O2S2/c1-4-16(11-12(2)3)20(17,18)10-9-19-14-8-6-5-7-13(14)15/h5-8,12H,4,9-11,15H2,1-3H3. The number of hydrogen-bond donors (Lipinski definition) is 1. The van der Waals surface area contributed by atoms with Gasteiger partial charge in [0, 0.05) is 29.4 Å². The first-order chi connectivity index (χ1) is 9.36. The molecule has 20 heavy (non-hydrogen) atoms. The summed E-state index contributed by atoms with van der Waals surface area (Å²) in [5.41, 5.74) is 6.54. The molecule has 0 aliphatic heterocycles. The summed E-state index contributed by atoms with van der Waals surface area (Å²) >= 11 is 1.49. The van der Waals surface area contributed by atoms with E-state index in [2.05, 4.69) is 0 Å². The molecule has 0 spiro atoms. The van der Waals surface area contributed by atoms with Gasteiger partial charge < -0.3 is 5.73 Å². The molecular weight excluding hydrogens is 292 g/mol. The molecule has 0 atom stereocenters. The number of anilines is 1. The smallest absolute Gasteiger partial charge is 0.214 e. The van der Waals surface area contributed by atoms with Crippen LogP contribution in [0.1, 0.15) is 20.8 Å². The van der Waals surface area contributed by atoms with E-state index in [4.69, 9.17) is 5.73 Å². The van der Waals surface area contributed by atoms with Crippen LogP contribution in [0.4, 0.5) is 5.69 Å². The Morgan fingerprint density at radius 3 is 2.50 bits per heavy atom. The van der Waals surface area contributed by atoms with Crippen molar-refractivity contribution in [3.63, 3.8) is 0 Å². The summed E-state index contributed by atoms with van der Waals surface area (Å²) in [6.45, 7) is 7.03. The normalized spacial score (nSPS) is 12.2. The molecule has 0 aliphatic rings. The van der Waals surface area contributed by atoms with Crippen LogP contribution in [0.5, 0.6) is 0 Å². The molecule has 1 aromatic rings. The van der Waals surface area contributed by atoms with Crippen LogP contribution >= 0.6 is 11.8 Å². The molecule has 114 valence electrons. The monoisotopic (exact) mass is 316 g/mol. The highest BCUT2D eigenvalue weighted by atomic mass is 32.2. The molecule has 4 nitrogen and oxygen atoms in total. The van der Waals surface area contributed by atoms with E-state index >= 15 is 0 Å². The highest BCUT2D eigenvalue weighted by Gasteiger charge is 2.20. The van der Waals surface area contributed by atoms with Crippen LogP contribution in [-0.2, 0) is 10.0 Å². The quantitative estimate of drug-likeness (QED) is 0.591. The molecule has 0 aromatic heterocycles. The van der Waals surface area contributed by atoms with E-state index in [0.717, 1.165) is 4.90 Å². The van der Waals surface area contributed by atoms with Crippen molar-refractivity contribution in [2.75, 3.05) is 30.3 Å². The van der Waals surface area contributed by atoms with E-state index in [1.807, 2.05) is 45.0 Å². The second kappa shape index (κ2) is 7.90. The largest absolute Gasteiger partial charge is 0.398 e. The Hall–Kier alpha value is -0.720. The molecule has 0 saturated carbocycles. The zero-order valence-electron chi connectivity index (χ0n) is 12.4. The van der Waals surface area contributed by atoms with Crippen LogP contribution in [-0.4, -0.2) is 37.3 Å². The summed E-state index contributed by atoms with van der Waals surface area (Å²) < 4.78 is 26.1. The van der Waals surface area contributed by atoms with E-state index in [1.165, 1.54) is 11.8 Å². The number of para-hydroxylation sites is 1. The summed E-state index contributed by atoms with van der Waals surface area (Å²) in [5, 5.41) is 0. The maximum atomic E-state index is 12.3. The molecule has 2 N–H and O–H groups in total. The minimum absolute atomic E-state index is 0.145. The number of nitrogens with zero attached hydrogens (tertiary/aromatic N) is 1. The molecule has 0 heterocycles. The molecular formula is C14H24N2O2S2. The maximum Gasteiger partial charge on any atom is 0.214 e. The van der Waals surface area contributed by atoms with Gasteiger partial charge in [-0.1, -0.05) is 32.9 Å². The van der Waals surface area contributed by atoms with Crippen LogP contribution < -0.4 is 5.73 Å². The Bertz CT molecular complexity index is 516. The SMILES string of the molecule is CCN(CC(C)C)S(=O)(=O)CCSc1ccccc1N. The van der Waals surface area contributed by atoms with Crippen molar-refractivity contribution < 1.29 is 8.42 Å². The van der Waals surface area contributed by atoms with Crippen molar-refractivity contribution in [2.45, 2.75) is 25.7 Å². The van der Waals surface area contributed by atoms with Gasteiger partial charge in [-0.25, -0.2) is 12.7 Å². The van der Waals surface area contributed by atoms with Crippen molar-refractivity contribution in [2.24, 2.45) is 5.92 Å². The molecule has 0 aliphatic carbocycles. The fourth-order valence-corrected chi connectivity index (χ4v) is 4.83. The molecule has 1 aromatic carbocycles. The van der Waals surface area contributed by atoms with E-state index in [-0.39, 0.29) is 5.75 Å². The van der Waals surface area contributed by atoms with Gasteiger partial charge >= 0.3 is 0 Å². The lowest BCUT2D eigenvalue weighted by Gasteiger charge is -2.22. The molecule has 0 amide bonds. The molecule has 1 rings (SSSR count). The number of rotatable bonds is 8. The van der Waals surface area contributed by atoms with Gasteiger partial charge in [0.2, 0.25) is 10.0 Å².